The van der Waals surface area contributed by atoms with Crippen LogP contribution in [0, 0.1) is 0 Å². The fraction of sp³-hybridized carbons (Fsp3) is 0.143. The molecule has 0 aromatic heterocycles. The molecule has 0 radical (unpaired) electrons. The molecule has 1 aliphatic carbocycles. The molecule has 0 saturated heterocycles. The first-order valence-corrected chi connectivity index (χ1v) is 7.19. The Bertz CT molecular complexity index is 601. The minimum atomic E-state index is -0.0195. The van der Waals surface area contributed by atoms with Gasteiger partial charge in [0.1, 0.15) is 0 Å². The molecule has 1 aromatic carbocycles. The van der Waals surface area contributed by atoms with Crippen molar-refractivity contribution in [2.24, 2.45) is 0 Å². The Morgan fingerprint density at radius 2 is 1.33 bits per heavy atom. The van der Waals surface area contributed by atoms with Gasteiger partial charge in [-0.25, -0.2) is 0 Å². The van der Waals surface area contributed by atoms with Crippen LogP contribution in [0.3, 0.4) is 0 Å². The third kappa shape index (κ3) is 1.60. The van der Waals surface area contributed by atoms with E-state index in [1.54, 1.807) is 24.3 Å². The molecular formula is C14H10O2S2. The van der Waals surface area contributed by atoms with Gasteiger partial charge in [0, 0.05) is 15.4 Å². The van der Waals surface area contributed by atoms with Crippen molar-refractivity contribution in [2.75, 3.05) is 0 Å². The van der Waals surface area contributed by atoms with Gasteiger partial charge in [-0.1, -0.05) is 53.4 Å². The number of thioether (sulfide) groups is 2. The van der Waals surface area contributed by atoms with Crippen LogP contribution in [-0.2, 0) is 0 Å². The maximum absolute atomic E-state index is 12.3. The van der Waals surface area contributed by atoms with Crippen LogP contribution in [-0.4, -0.2) is 11.6 Å². The summed E-state index contributed by atoms with van der Waals surface area (Å²) in [4.78, 5) is 25.9. The molecule has 0 atom stereocenters. The average molecular weight is 274 g/mol. The normalized spacial score (nSPS) is 18.0. The van der Waals surface area contributed by atoms with Crippen molar-refractivity contribution >= 4 is 35.1 Å². The van der Waals surface area contributed by atoms with Crippen LogP contribution in [0.5, 0.6) is 0 Å². The number of ketones is 2. The van der Waals surface area contributed by atoms with Crippen molar-refractivity contribution < 1.29 is 9.59 Å². The van der Waals surface area contributed by atoms with Crippen LogP contribution in [0.1, 0.15) is 34.6 Å². The summed E-state index contributed by atoms with van der Waals surface area (Å²) in [5.41, 5.74) is 2.21. The van der Waals surface area contributed by atoms with Crippen molar-refractivity contribution in [3.8, 4) is 0 Å². The van der Waals surface area contributed by atoms with E-state index in [0.29, 0.717) is 20.9 Å². The largest absolute Gasteiger partial charge is 0.288 e. The predicted octanol–water partition coefficient (Wildman–Crippen LogP) is 4.01. The second kappa shape index (κ2) is 4.14. The van der Waals surface area contributed by atoms with Crippen molar-refractivity contribution in [1.82, 2.24) is 0 Å². The number of benzene rings is 1. The Morgan fingerprint density at radius 3 is 1.72 bits per heavy atom. The van der Waals surface area contributed by atoms with E-state index in [0.717, 1.165) is 9.81 Å². The van der Waals surface area contributed by atoms with E-state index >= 15 is 0 Å². The molecule has 0 spiro atoms. The second-order valence-corrected chi connectivity index (χ2v) is 6.65. The monoisotopic (exact) mass is 274 g/mol. The van der Waals surface area contributed by atoms with E-state index in [2.05, 4.69) is 0 Å². The van der Waals surface area contributed by atoms with E-state index < -0.39 is 0 Å². The standard InChI is InChI=1S/C14H10O2S2/c1-7(2)14-17-12-10(15)8-5-3-4-6-9(8)11(16)13(12)18-14/h3-6H,1-2H3. The van der Waals surface area contributed by atoms with Crippen molar-refractivity contribution in [3.05, 3.63) is 55.0 Å². The quantitative estimate of drug-likeness (QED) is 0.716. The zero-order chi connectivity index (χ0) is 12.9. The fourth-order valence-electron chi connectivity index (χ4n) is 1.93. The highest BCUT2D eigenvalue weighted by atomic mass is 32.2. The number of carbonyl (C=O) groups excluding carboxylic acids is 2. The number of carbonyl (C=O) groups is 2. The highest BCUT2D eigenvalue weighted by Gasteiger charge is 2.37. The summed E-state index contributed by atoms with van der Waals surface area (Å²) in [5.74, 6) is -0.0390. The van der Waals surface area contributed by atoms with Gasteiger partial charge in [-0.2, -0.15) is 0 Å². The Morgan fingerprint density at radius 1 is 0.889 bits per heavy atom. The van der Waals surface area contributed by atoms with Crippen molar-refractivity contribution in [1.29, 1.82) is 0 Å². The average Bonchev–Trinajstić information content (AvgIpc) is 2.81. The number of hydrogen-bond acceptors (Lipinski definition) is 4. The number of allylic oxidation sites excluding steroid dienone is 3. The predicted molar refractivity (Wildman–Crippen MR) is 75.7 cm³/mol. The smallest absolute Gasteiger partial charge is 0.201 e. The summed E-state index contributed by atoms with van der Waals surface area (Å²) in [6, 6.07) is 7.05. The highest BCUT2D eigenvalue weighted by molar-refractivity contribution is 8.29. The molecule has 0 bridgehead atoms. The summed E-state index contributed by atoms with van der Waals surface area (Å²) >= 11 is 2.86. The molecule has 4 heteroatoms. The molecule has 0 N–H and O–H groups in total. The maximum Gasteiger partial charge on any atom is 0.201 e. The number of rotatable bonds is 0. The van der Waals surface area contributed by atoms with Crippen molar-refractivity contribution in [3.63, 3.8) is 0 Å². The summed E-state index contributed by atoms with van der Waals surface area (Å²) in [7, 11) is 0. The lowest BCUT2D eigenvalue weighted by atomic mass is 9.94. The van der Waals surface area contributed by atoms with Crippen LogP contribution >= 0.6 is 23.5 Å². The topological polar surface area (TPSA) is 34.1 Å². The first-order valence-electron chi connectivity index (χ1n) is 5.55. The Labute approximate surface area is 114 Å². The lowest BCUT2D eigenvalue weighted by molar-refractivity contribution is 0.0988. The van der Waals surface area contributed by atoms with E-state index in [9.17, 15) is 9.59 Å². The lowest BCUT2D eigenvalue weighted by Crippen LogP contribution is -2.17. The van der Waals surface area contributed by atoms with Gasteiger partial charge in [-0.3, -0.25) is 9.59 Å². The molecule has 1 aromatic rings. The van der Waals surface area contributed by atoms with Crippen LogP contribution in [0.4, 0.5) is 0 Å². The molecule has 3 rings (SSSR count). The lowest BCUT2D eigenvalue weighted by Gasteiger charge is -2.13. The molecule has 2 nitrogen and oxygen atoms in total. The fourth-order valence-corrected chi connectivity index (χ4v) is 4.40. The maximum atomic E-state index is 12.3. The minimum Gasteiger partial charge on any atom is -0.288 e. The van der Waals surface area contributed by atoms with Crippen LogP contribution in [0.2, 0.25) is 0 Å². The molecule has 1 aliphatic heterocycles. The molecule has 2 aliphatic rings. The molecule has 90 valence electrons. The second-order valence-electron chi connectivity index (χ2n) is 4.35. The molecule has 0 unspecified atom stereocenters. The van der Waals surface area contributed by atoms with Gasteiger partial charge >= 0.3 is 0 Å². The van der Waals surface area contributed by atoms with Crippen LogP contribution in [0.25, 0.3) is 0 Å². The first kappa shape index (κ1) is 11.8. The Kier molecular flexibility index (Phi) is 2.72. The van der Waals surface area contributed by atoms with Gasteiger partial charge < -0.3 is 0 Å². The zero-order valence-corrected chi connectivity index (χ0v) is 11.6. The van der Waals surface area contributed by atoms with Gasteiger partial charge in [0.25, 0.3) is 0 Å². The number of Topliss-reactive ketones (excluding diaryl/α,β-unsaturated/α-hetero) is 2. The molecular weight excluding hydrogens is 264 g/mol. The van der Waals surface area contributed by atoms with Crippen molar-refractivity contribution in [2.45, 2.75) is 13.8 Å². The Hall–Kier alpha value is -1.26. The summed E-state index contributed by atoms with van der Waals surface area (Å²) in [6.45, 7) is 3.99. The minimum absolute atomic E-state index is 0.0195. The summed E-state index contributed by atoms with van der Waals surface area (Å²) in [5, 5.41) is 0. The van der Waals surface area contributed by atoms with Gasteiger partial charge in [-0.15, -0.1) is 0 Å². The third-order valence-corrected chi connectivity index (χ3v) is 5.84. The highest BCUT2D eigenvalue weighted by Crippen LogP contribution is 2.54. The Balaban J connectivity index is 2.15. The molecule has 18 heavy (non-hydrogen) atoms. The molecule has 0 amide bonds. The van der Waals surface area contributed by atoms with Gasteiger partial charge in [0.15, 0.2) is 0 Å². The summed E-state index contributed by atoms with van der Waals surface area (Å²) in [6.07, 6.45) is 0. The molecule has 0 fully saturated rings. The summed E-state index contributed by atoms with van der Waals surface area (Å²) < 4.78 is 1.05. The number of hydrogen-bond donors (Lipinski definition) is 0. The zero-order valence-electron chi connectivity index (χ0n) is 9.94. The van der Waals surface area contributed by atoms with E-state index in [1.807, 2.05) is 13.8 Å². The molecule has 1 heterocycles. The van der Waals surface area contributed by atoms with Gasteiger partial charge in [-0.05, 0) is 13.8 Å². The van der Waals surface area contributed by atoms with E-state index in [-0.39, 0.29) is 11.6 Å². The first-order chi connectivity index (χ1) is 8.59. The SMILES string of the molecule is CC(C)=C1SC2=C(S1)C(=O)c1ccccc1C2=O. The third-order valence-electron chi connectivity index (χ3n) is 2.83. The number of fused-ring (bicyclic) bond motifs is 1. The van der Waals surface area contributed by atoms with Crippen LogP contribution < -0.4 is 0 Å². The van der Waals surface area contributed by atoms with E-state index in [4.69, 9.17) is 0 Å². The molecule has 0 saturated carbocycles. The van der Waals surface area contributed by atoms with Gasteiger partial charge in [0.05, 0.1) is 9.81 Å². The van der Waals surface area contributed by atoms with E-state index in [1.165, 1.54) is 23.5 Å². The van der Waals surface area contributed by atoms with Crippen LogP contribution in [0.15, 0.2) is 43.9 Å². The van der Waals surface area contributed by atoms with Gasteiger partial charge in [0.2, 0.25) is 11.6 Å².